The number of hydrogen-bond donors (Lipinski definition) is 2. The van der Waals surface area contributed by atoms with Crippen LogP contribution in [0.4, 0.5) is 0 Å². The van der Waals surface area contributed by atoms with E-state index < -0.39 is 0 Å². The van der Waals surface area contributed by atoms with Gasteiger partial charge in [-0.3, -0.25) is 0 Å². The van der Waals surface area contributed by atoms with Crippen molar-refractivity contribution in [3.05, 3.63) is 18.2 Å². The predicted molar refractivity (Wildman–Crippen MR) is 40.4 cm³/mol. The molecule has 1 aromatic rings. The van der Waals surface area contributed by atoms with Crippen molar-refractivity contribution in [2.75, 3.05) is 0 Å². The summed E-state index contributed by atoms with van der Waals surface area (Å²) in [5, 5.41) is 11.0. The summed E-state index contributed by atoms with van der Waals surface area (Å²) in [5.41, 5.74) is 0. The van der Waals surface area contributed by atoms with Gasteiger partial charge < -0.3 is 10.3 Å². The lowest BCUT2D eigenvalue weighted by Crippen LogP contribution is -2.15. The average molecular weight is 150 g/mol. The maximum atomic E-state index is 8.36. The van der Waals surface area contributed by atoms with Crippen LogP contribution in [0.25, 0.3) is 0 Å². The molecule has 0 fully saturated rings. The Bertz CT molecular complexity index is 233. The molecule has 11 heavy (non-hydrogen) atoms. The number of H-pyrrole nitrogens is 1. The van der Waals surface area contributed by atoms with Crippen LogP contribution in [0.3, 0.4) is 0 Å². The summed E-state index contributed by atoms with van der Waals surface area (Å²) in [6, 6.07) is 0.0231. The fraction of sp³-hybridized carbons (Fsp3) is 0.429. The van der Waals surface area contributed by atoms with E-state index in [9.17, 15) is 0 Å². The smallest absolute Gasteiger partial charge is 0.177 e. The van der Waals surface area contributed by atoms with Crippen LogP contribution >= 0.6 is 0 Å². The van der Waals surface area contributed by atoms with E-state index >= 15 is 0 Å². The highest BCUT2D eigenvalue weighted by molar-refractivity contribution is 4.97. The maximum Gasteiger partial charge on any atom is 0.177 e. The Morgan fingerprint density at radius 3 is 3.18 bits per heavy atom. The van der Waals surface area contributed by atoms with Crippen molar-refractivity contribution in [1.82, 2.24) is 15.3 Å². The maximum absolute atomic E-state index is 8.36. The van der Waals surface area contributed by atoms with Crippen molar-refractivity contribution >= 4 is 0 Å². The number of rotatable bonds is 3. The molecule has 1 heterocycles. The van der Waals surface area contributed by atoms with Crippen LogP contribution in [0.1, 0.15) is 25.2 Å². The number of aromatic nitrogens is 2. The summed E-state index contributed by atoms with van der Waals surface area (Å²) < 4.78 is 0. The van der Waals surface area contributed by atoms with E-state index in [0.717, 1.165) is 12.2 Å². The van der Waals surface area contributed by atoms with Gasteiger partial charge in [-0.15, -0.1) is 0 Å². The molecule has 4 heteroatoms. The van der Waals surface area contributed by atoms with Crippen LogP contribution in [0, 0.1) is 11.5 Å². The van der Waals surface area contributed by atoms with E-state index in [-0.39, 0.29) is 6.04 Å². The van der Waals surface area contributed by atoms with Gasteiger partial charge in [0.2, 0.25) is 0 Å². The van der Waals surface area contributed by atoms with Crippen molar-refractivity contribution in [3.8, 4) is 6.19 Å². The van der Waals surface area contributed by atoms with Gasteiger partial charge in [-0.2, -0.15) is 5.26 Å². The van der Waals surface area contributed by atoms with Gasteiger partial charge in [0.1, 0.15) is 5.82 Å². The first-order valence-corrected chi connectivity index (χ1v) is 3.52. The normalized spacial score (nSPS) is 12.0. The van der Waals surface area contributed by atoms with E-state index in [2.05, 4.69) is 15.3 Å². The molecule has 0 amide bonds. The number of nitrogens with zero attached hydrogens (tertiary/aromatic N) is 2. The Labute approximate surface area is 65.3 Å². The van der Waals surface area contributed by atoms with Gasteiger partial charge >= 0.3 is 0 Å². The molecule has 1 atom stereocenters. The van der Waals surface area contributed by atoms with Crippen molar-refractivity contribution in [2.24, 2.45) is 0 Å². The summed E-state index contributed by atoms with van der Waals surface area (Å²) in [6.07, 6.45) is 6.17. The molecule has 2 N–H and O–H groups in total. The summed E-state index contributed by atoms with van der Waals surface area (Å²) in [6.45, 7) is 2.00. The molecule has 0 saturated heterocycles. The molecule has 0 spiro atoms. The number of nitriles is 1. The first-order chi connectivity index (χ1) is 5.38. The number of aromatic amines is 1. The van der Waals surface area contributed by atoms with Crippen LogP contribution in [-0.2, 0) is 0 Å². The predicted octanol–water partition coefficient (Wildman–Crippen LogP) is 0.931. The zero-order chi connectivity index (χ0) is 8.10. The van der Waals surface area contributed by atoms with Gasteiger partial charge in [0.15, 0.2) is 6.19 Å². The molecule has 0 radical (unpaired) electrons. The highest BCUT2D eigenvalue weighted by atomic mass is 15.0. The van der Waals surface area contributed by atoms with E-state index in [1.807, 2.05) is 13.1 Å². The molecular weight excluding hydrogens is 140 g/mol. The summed E-state index contributed by atoms with van der Waals surface area (Å²) in [5.74, 6) is 0.814. The van der Waals surface area contributed by atoms with Crippen molar-refractivity contribution < 1.29 is 0 Å². The molecule has 4 nitrogen and oxygen atoms in total. The Kier molecular flexibility index (Phi) is 2.50. The Morgan fingerprint density at radius 1 is 1.91 bits per heavy atom. The standard InChI is InChI=1S/C7H10N4/c1-2-6(11-5-8)7-9-3-4-10-7/h3-4,6,11H,2H2,1H3,(H,9,10). The first kappa shape index (κ1) is 7.61. The van der Waals surface area contributed by atoms with E-state index in [0.29, 0.717) is 0 Å². The van der Waals surface area contributed by atoms with Crippen LogP contribution < -0.4 is 5.32 Å². The minimum Gasteiger partial charge on any atom is -0.347 e. The minimum absolute atomic E-state index is 0.0231. The Balaban J connectivity index is 2.65. The monoisotopic (exact) mass is 150 g/mol. The molecule has 0 aliphatic rings. The molecule has 0 aromatic carbocycles. The van der Waals surface area contributed by atoms with Crippen LogP contribution in [-0.4, -0.2) is 9.97 Å². The molecule has 58 valence electrons. The van der Waals surface area contributed by atoms with Gasteiger partial charge in [0.05, 0.1) is 6.04 Å². The summed E-state index contributed by atoms with van der Waals surface area (Å²) in [7, 11) is 0. The highest BCUT2D eigenvalue weighted by Crippen LogP contribution is 2.09. The van der Waals surface area contributed by atoms with E-state index in [1.165, 1.54) is 0 Å². The van der Waals surface area contributed by atoms with Gasteiger partial charge in [0, 0.05) is 12.4 Å². The summed E-state index contributed by atoms with van der Waals surface area (Å²) >= 11 is 0. The SMILES string of the molecule is CCC(NC#N)c1ncc[nH]1. The second-order valence-electron chi connectivity index (χ2n) is 2.19. The largest absolute Gasteiger partial charge is 0.347 e. The quantitative estimate of drug-likeness (QED) is 0.497. The number of hydrogen-bond acceptors (Lipinski definition) is 3. The third kappa shape index (κ3) is 1.71. The molecule has 1 rings (SSSR count). The highest BCUT2D eigenvalue weighted by Gasteiger charge is 2.08. The number of nitrogens with one attached hydrogen (secondary N) is 2. The molecule has 0 aliphatic heterocycles. The zero-order valence-electron chi connectivity index (χ0n) is 6.33. The third-order valence-corrected chi connectivity index (χ3v) is 1.50. The van der Waals surface area contributed by atoms with Crippen molar-refractivity contribution in [3.63, 3.8) is 0 Å². The minimum atomic E-state index is 0.0231. The molecule has 0 bridgehead atoms. The fourth-order valence-corrected chi connectivity index (χ4v) is 0.910. The molecule has 1 unspecified atom stereocenters. The Hall–Kier alpha value is -1.50. The molecule has 1 aromatic heterocycles. The summed E-state index contributed by atoms with van der Waals surface area (Å²) in [4.78, 5) is 6.99. The second kappa shape index (κ2) is 3.62. The zero-order valence-corrected chi connectivity index (χ0v) is 6.33. The van der Waals surface area contributed by atoms with Crippen LogP contribution in [0.15, 0.2) is 12.4 Å². The molecular formula is C7H10N4. The lowest BCUT2D eigenvalue weighted by atomic mass is 10.2. The van der Waals surface area contributed by atoms with Gasteiger partial charge in [0.25, 0.3) is 0 Å². The lowest BCUT2D eigenvalue weighted by molar-refractivity contribution is 0.580. The second-order valence-corrected chi connectivity index (χ2v) is 2.19. The molecule has 0 aliphatic carbocycles. The number of imidazole rings is 1. The van der Waals surface area contributed by atoms with Crippen molar-refractivity contribution in [1.29, 1.82) is 5.26 Å². The Morgan fingerprint density at radius 2 is 2.73 bits per heavy atom. The van der Waals surface area contributed by atoms with E-state index in [4.69, 9.17) is 5.26 Å². The van der Waals surface area contributed by atoms with Crippen LogP contribution in [0.2, 0.25) is 0 Å². The van der Waals surface area contributed by atoms with Crippen LogP contribution in [0.5, 0.6) is 0 Å². The van der Waals surface area contributed by atoms with Gasteiger partial charge in [-0.25, -0.2) is 4.98 Å². The van der Waals surface area contributed by atoms with Gasteiger partial charge in [-0.05, 0) is 6.42 Å². The van der Waals surface area contributed by atoms with Gasteiger partial charge in [-0.1, -0.05) is 6.92 Å². The topological polar surface area (TPSA) is 64.5 Å². The third-order valence-electron chi connectivity index (χ3n) is 1.50. The molecule has 0 saturated carbocycles. The van der Waals surface area contributed by atoms with E-state index in [1.54, 1.807) is 12.4 Å². The average Bonchev–Trinajstić information content (AvgIpc) is 2.52. The first-order valence-electron chi connectivity index (χ1n) is 3.52. The lowest BCUT2D eigenvalue weighted by Gasteiger charge is -2.07. The fourth-order valence-electron chi connectivity index (χ4n) is 0.910. The van der Waals surface area contributed by atoms with Crippen molar-refractivity contribution in [2.45, 2.75) is 19.4 Å².